The molecule has 7 nitrogen and oxygen atoms in total. The number of aromatic carboxylic acids is 2. The molecule has 1 aromatic rings. The van der Waals surface area contributed by atoms with Crippen LogP contribution in [-0.2, 0) is 7.05 Å². The van der Waals surface area contributed by atoms with Crippen LogP contribution < -0.4 is 5.32 Å². The first-order valence-electron chi connectivity index (χ1n) is 4.64. The molecular formula is C9H13N3O4. The quantitative estimate of drug-likeness (QED) is 0.697. The van der Waals surface area contributed by atoms with Crippen LogP contribution in [0.25, 0.3) is 0 Å². The first-order chi connectivity index (χ1) is 7.34. The number of hydrogen-bond donors (Lipinski definition) is 3. The Kier molecular flexibility index (Phi) is 3.17. The van der Waals surface area contributed by atoms with E-state index in [1.807, 2.05) is 13.8 Å². The lowest BCUT2D eigenvalue weighted by molar-refractivity contribution is 0.0641. The van der Waals surface area contributed by atoms with Crippen molar-refractivity contribution in [2.45, 2.75) is 19.9 Å². The number of carboxylic acids is 2. The highest BCUT2D eigenvalue weighted by molar-refractivity contribution is 5.99. The number of carboxylic acid groups (broad SMARTS) is 2. The van der Waals surface area contributed by atoms with Crippen molar-refractivity contribution in [1.82, 2.24) is 9.55 Å². The van der Waals surface area contributed by atoms with E-state index in [2.05, 4.69) is 10.3 Å². The van der Waals surface area contributed by atoms with Crippen LogP contribution in [0.5, 0.6) is 0 Å². The summed E-state index contributed by atoms with van der Waals surface area (Å²) in [4.78, 5) is 25.4. The predicted molar refractivity (Wildman–Crippen MR) is 55.9 cm³/mol. The lowest BCUT2D eigenvalue weighted by Gasteiger charge is -2.08. The Morgan fingerprint density at radius 2 is 1.88 bits per heavy atom. The molecule has 1 rings (SSSR count). The summed E-state index contributed by atoms with van der Waals surface area (Å²) in [7, 11) is 1.45. The van der Waals surface area contributed by atoms with Crippen molar-refractivity contribution in [3.05, 3.63) is 11.4 Å². The first kappa shape index (κ1) is 12.0. The Morgan fingerprint density at radius 1 is 1.31 bits per heavy atom. The lowest BCUT2D eigenvalue weighted by atomic mass is 10.3. The van der Waals surface area contributed by atoms with Crippen LogP contribution in [-0.4, -0.2) is 37.7 Å². The zero-order chi connectivity index (χ0) is 12.5. The standard InChI is InChI=1S/C9H13N3O4/c1-4(2)10-9-11-5(7(13)14)6(8(15)16)12(9)3/h4H,1-3H3,(H,10,11)(H,13,14)(H,15,16). The molecule has 0 amide bonds. The fourth-order valence-electron chi connectivity index (χ4n) is 1.28. The maximum Gasteiger partial charge on any atom is 0.357 e. The highest BCUT2D eigenvalue weighted by Gasteiger charge is 2.25. The molecule has 1 aromatic heterocycles. The zero-order valence-electron chi connectivity index (χ0n) is 9.18. The van der Waals surface area contributed by atoms with Gasteiger partial charge in [0.25, 0.3) is 0 Å². The summed E-state index contributed by atoms with van der Waals surface area (Å²) in [5.74, 6) is -2.45. The van der Waals surface area contributed by atoms with E-state index in [0.29, 0.717) is 0 Å². The SMILES string of the molecule is CC(C)Nc1nc(C(=O)O)c(C(=O)O)n1C. The van der Waals surface area contributed by atoms with Gasteiger partial charge in [-0.15, -0.1) is 0 Å². The van der Waals surface area contributed by atoms with E-state index in [0.717, 1.165) is 0 Å². The Balaban J connectivity index is 3.30. The number of nitrogens with zero attached hydrogens (tertiary/aromatic N) is 2. The number of rotatable bonds is 4. The summed E-state index contributed by atoms with van der Waals surface area (Å²) in [6.07, 6.45) is 0. The van der Waals surface area contributed by atoms with Crippen LogP contribution in [0.4, 0.5) is 5.95 Å². The van der Waals surface area contributed by atoms with E-state index >= 15 is 0 Å². The predicted octanol–water partition coefficient (Wildman–Crippen LogP) is 0.637. The van der Waals surface area contributed by atoms with Crippen molar-refractivity contribution in [3.63, 3.8) is 0 Å². The molecule has 16 heavy (non-hydrogen) atoms. The molecule has 0 fully saturated rings. The highest BCUT2D eigenvalue weighted by Crippen LogP contribution is 2.15. The normalized spacial score (nSPS) is 10.5. The molecule has 0 aliphatic rings. The minimum absolute atomic E-state index is 0.0318. The van der Waals surface area contributed by atoms with E-state index in [9.17, 15) is 9.59 Å². The van der Waals surface area contributed by atoms with Gasteiger partial charge in [-0.05, 0) is 13.8 Å². The average Bonchev–Trinajstić information content (AvgIpc) is 2.43. The number of nitrogens with one attached hydrogen (secondary N) is 1. The Labute approximate surface area is 91.7 Å². The van der Waals surface area contributed by atoms with Crippen molar-refractivity contribution in [2.75, 3.05) is 5.32 Å². The van der Waals surface area contributed by atoms with Crippen molar-refractivity contribution in [2.24, 2.45) is 7.05 Å². The second kappa shape index (κ2) is 4.21. The molecule has 0 unspecified atom stereocenters. The van der Waals surface area contributed by atoms with Crippen LogP contribution in [0.1, 0.15) is 34.8 Å². The second-order valence-corrected chi connectivity index (χ2v) is 3.60. The summed E-state index contributed by atoms with van der Waals surface area (Å²) < 4.78 is 1.21. The van der Waals surface area contributed by atoms with Gasteiger partial charge in [0, 0.05) is 13.1 Å². The molecule has 7 heteroatoms. The van der Waals surface area contributed by atoms with Crippen molar-refractivity contribution >= 4 is 17.9 Å². The van der Waals surface area contributed by atoms with Crippen LogP contribution in [0.15, 0.2) is 0 Å². The first-order valence-corrected chi connectivity index (χ1v) is 4.64. The van der Waals surface area contributed by atoms with Gasteiger partial charge in [-0.1, -0.05) is 0 Å². The maximum atomic E-state index is 10.9. The Bertz CT molecular complexity index is 436. The minimum atomic E-state index is -1.36. The van der Waals surface area contributed by atoms with Gasteiger partial charge in [-0.2, -0.15) is 0 Å². The molecule has 0 radical (unpaired) electrons. The van der Waals surface area contributed by atoms with E-state index in [1.54, 1.807) is 0 Å². The largest absolute Gasteiger partial charge is 0.476 e. The third kappa shape index (κ3) is 2.13. The van der Waals surface area contributed by atoms with Crippen LogP contribution in [0, 0.1) is 0 Å². The second-order valence-electron chi connectivity index (χ2n) is 3.60. The maximum absolute atomic E-state index is 10.9. The fraction of sp³-hybridized carbons (Fsp3) is 0.444. The molecule has 3 N–H and O–H groups in total. The van der Waals surface area contributed by atoms with Crippen LogP contribution >= 0.6 is 0 Å². The topological polar surface area (TPSA) is 104 Å². The highest BCUT2D eigenvalue weighted by atomic mass is 16.4. The van der Waals surface area contributed by atoms with Gasteiger partial charge in [-0.3, -0.25) is 0 Å². The van der Waals surface area contributed by atoms with Crippen molar-refractivity contribution < 1.29 is 19.8 Å². The molecule has 0 aliphatic heterocycles. The number of aromatic nitrogens is 2. The summed E-state index contributed by atoms with van der Waals surface area (Å²) in [6.45, 7) is 3.69. The minimum Gasteiger partial charge on any atom is -0.476 e. The molecule has 0 saturated heterocycles. The Hall–Kier alpha value is -2.05. The summed E-state index contributed by atoms with van der Waals surface area (Å²) in [5, 5.41) is 20.6. The summed E-state index contributed by atoms with van der Waals surface area (Å²) in [5.41, 5.74) is -0.797. The molecule has 0 saturated carbocycles. The van der Waals surface area contributed by atoms with Crippen LogP contribution in [0.3, 0.4) is 0 Å². The van der Waals surface area contributed by atoms with Gasteiger partial charge < -0.3 is 20.1 Å². The molecule has 0 aliphatic carbocycles. The van der Waals surface area contributed by atoms with Gasteiger partial charge in [0.15, 0.2) is 11.4 Å². The molecule has 1 heterocycles. The Morgan fingerprint density at radius 3 is 2.19 bits per heavy atom. The van der Waals surface area contributed by atoms with E-state index in [4.69, 9.17) is 10.2 Å². The average molecular weight is 227 g/mol. The fourth-order valence-corrected chi connectivity index (χ4v) is 1.28. The number of carbonyl (C=O) groups is 2. The van der Waals surface area contributed by atoms with Crippen molar-refractivity contribution in [1.29, 1.82) is 0 Å². The van der Waals surface area contributed by atoms with E-state index in [1.165, 1.54) is 11.6 Å². The molecule has 0 spiro atoms. The lowest BCUT2D eigenvalue weighted by Crippen LogP contribution is -2.15. The van der Waals surface area contributed by atoms with Gasteiger partial charge in [0.05, 0.1) is 0 Å². The summed E-state index contributed by atoms with van der Waals surface area (Å²) >= 11 is 0. The monoisotopic (exact) mass is 227 g/mol. The smallest absolute Gasteiger partial charge is 0.357 e. The molecule has 0 aromatic carbocycles. The number of anilines is 1. The van der Waals surface area contributed by atoms with Gasteiger partial charge in [-0.25, -0.2) is 14.6 Å². The summed E-state index contributed by atoms with van der Waals surface area (Å²) in [6, 6.07) is 0.0318. The van der Waals surface area contributed by atoms with Gasteiger partial charge in [0.1, 0.15) is 0 Å². The van der Waals surface area contributed by atoms with Gasteiger partial charge in [0.2, 0.25) is 5.95 Å². The number of imidazole rings is 1. The van der Waals surface area contributed by atoms with E-state index in [-0.39, 0.29) is 17.7 Å². The van der Waals surface area contributed by atoms with Gasteiger partial charge >= 0.3 is 11.9 Å². The third-order valence-corrected chi connectivity index (χ3v) is 1.92. The van der Waals surface area contributed by atoms with E-state index < -0.39 is 17.6 Å². The number of hydrogen-bond acceptors (Lipinski definition) is 4. The third-order valence-electron chi connectivity index (χ3n) is 1.92. The molecule has 0 bridgehead atoms. The molecular weight excluding hydrogens is 214 g/mol. The van der Waals surface area contributed by atoms with Crippen molar-refractivity contribution in [3.8, 4) is 0 Å². The zero-order valence-corrected chi connectivity index (χ0v) is 9.18. The molecule has 0 atom stereocenters. The molecule has 88 valence electrons. The van der Waals surface area contributed by atoms with Crippen LogP contribution in [0.2, 0.25) is 0 Å².